The number of aliphatic hydroxyl groups is 2. The highest BCUT2D eigenvalue weighted by Gasteiger charge is 2.05. The van der Waals surface area contributed by atoms with E-state index in [1.165, 1.54) is 4.90 Å². The zero-order valence-corrected chi connectivity index (χ0v) is 5.66. The second kappa shape index (κ2) is 5.01. The van der Waals surface area contributed by atoms with Crippen LogP contribution in [0.15, 0.2) is 0 Å². The van der Waals surface area contributed by atoms with Gasteiger partial charge in [0.05, 0.1) is 13.2 Å². The van der Waals surface area contributed by atoms with Crippen LogP contribution in [0.5, 0.6) is 0 Å². The summed E-state index contributed by atoms with van der Waals surface area (Å²) in [6.45, 7) is 0.0810. The van der Waals surface area contributed by atoms with Crippen LogP contribution >= 0.6 is 0 Å². The van der Waals surface area contributed by atoms with E-state index in [0.29, 0.717) is 0 Å². The Hall–Kier alpha value is -0.810. The lowest BCUT2D eigenvalue weighted by molar-refractivity contribution is 0.165. The predicted octanol–water partition coefficient (Wildman–Crippen LogP) is -1.65. The zero-order chi connectivity index (χ0) is 7.98. The lowest BCUT2D eigenvalue weighted by Crippen LogP contribution is -2.39. The molecule has 0 saturated heterocycles. The van der Waals surface area contributed by atoms with Gasteiger partial charge < -0.3 is 20.8 Å². The Labute approximate surface area is 59.0 Å². The van der Waals surface area contributed by atoms with Crippen LogP contribution in [0.1, 0.15) is 0 Å². The van der Waals surface area contributed by atoms with Crippen LogP contribution in [0, 0.1) is 0 Å². The molecule has 0 aliphatic carbocycles. The third-order valence-corrected chi connectivity index (χ3v) is 1.05. The number of carbonyl (C=O) groups is 1. The van der Waals surface area contributed by atoms with E-state index in [2.05, 4.69) is 0 Å². The van der Waals surface area contributed by atoms with Crippen LogP contribution in [-0.4, -0.2) is 47.4 Å². The molecule has 0 aromatic heterocycles. The van der Waals surface area contributed by atoms with Crippen molar-refractivity contribution in [3.63, 3.8) is 0 Å². The first-order valence-electron chi connectivity index (χ1n) is 2.98. The Morgan fingerprint density at radius 1 is 1.30 bits per heavy atom. The second-order valence-corrected chi connectivity index (χ2v) is 1.77. The van der Waals surface area contributed by atoms with Crippen molar-refractivity contribution in [2.24, 2.45) is 5.73 Å². The van der Waals surface area contributed by atoms with Gasteiger partial charge in [0.15, 0.2) is 0 Å². The normalized spacial score (nSPS) is 9.40. The molecule has 0 unspecified atom stereocenters. The second-order valence-electron chi connectivity index (χ2n) is 1.77. The minimum atomic E-state index is -0.622. The van der Waals surface area contributed by atoms with E-state index in [1.54, 1.807) is 0 Å². The first-order chi connectivity index (χ1) is 4.72. The number of rotatable bonds is 4. The molecule has 0 bridgehead atoms. The van der Waals surface area contributed by atoms with Crippen LogP contribution in [0.3, 0.4) is 0 Å². The molecule has 0 radical (unpaired) electrons. The molecule has 0 aromatic carbocycles. The number of primary amides is 1. The summed E-state index contributed by atoms with van der Waals surface area (Å²) >= 11 is 0. The third kappa shape index (κ3) is 3.26. The van der Waals surface area contributed by atoms with Crippen molar-refractivity contribution in [1.82, 2.24) is 4.90 Å². The Bertz CT molecular complexity index is 101. The fourth-order valence-corrected chi connectivity index (χ4v) is 0.574. The molecule has 2 amide bonds. The van der Waals surface area contributed by atoms with E-state index in [9.17, 15) is 4.79 Å². The van der Waals surface area contributed by atoms with Crippen LogP contribution in [0.2, 0.25) is 0 Å². The largest absolute Gasteiger partial charge is 0.395 e. The predicted molar refractivity (Wildman–Crippen MR) is 35.3 cm³/mol. The number of aliphatic hydroxyl groups excluding tert-OH is 2. The van der Waals surface area contributed by atoms with E-state index in [0.717, 1.165) is 0 Å². The first kappa shape index (κ1) is 9.19. The maximum atomic E-state index is 10.4. The van der Waals surface area contributed by atoms with Gasteiger partial charge in [-0.3, -0.25) is 0 Å². The molecule has 0 aromatic rings. The minimum Gasteiger partial charge on any atom is -0.395 e. The number of hydrogen-bond donors (Lipinski definition) is 3. The number of nitrogens with two attached hydrogens (primary N) is 1. The van der Waals surface area contributed by atoms with Gasteiger partial charge in [0.1, 0.15) is 0 Å². The van der Waals surface area contributed by atoms with Crippen molar-refractivity contribution >= 4 is 6.03 Å². The Morgan fingerprint density at radius 2 is 1.70 bits per heavy atom. The summed E-state index contributed by atoms with van der Waals surface area (Å²) in [5.74, 6) is 0. The Morgan fingerprint density at radius 3 is 1.90 bits per heavy atom. The van der Waals surface area contributed by atoms with Gasteiger partial charge in [-0.05, 0) is 0 Å². The lowest BCUT2D eigenvalue weighted by atomic mass is 10.5. The van der Waals surface area contributed by atoms with E-state index in [-0.39, 0.29) is 26.3 Å². The molecule has 0 heterocycles. The standard InChI is InChI=1S/C5H12N2O3/c6-5(10)7(1-3-8)2-4-9/h8-9H,1-4H2,(H2,6,10). The summed E-state index contributed by atoms with van der Waals surface area (Å²) in [7, 11) is 0. The van der Waals surface area contributed by atoms with Gasteiger partial charge in [0.2, 0.25) is 0 Å². The minimum absolute atomic E-state index is 0.136. The SMILES string of the molecule is NC(=O)N(CCO)CCO. The zero-order valence-electron chi connectivity index (χ0n) is 5.66. The average Bonchev–Trinajstić information content (AvgIpc) is 1.87. The van der Waals surface area contributed by atoms with E-state index >= 15 is 0 Å². The number of hydrogen-bond acceptors (Lipinski definition) is 3. The first-order valence-corrected chi connectivity index (χ1v) is 2.98. The molecular formula is C5H12N2O3. The molecule has 60 valence electrons. The van der Waals surface area contributed by atoms with E-state index in [4.69, 9.17) is 15.9 Å². The van der Waals surface area contributed by atoms with Gasteiger partial charge in [-0.1, -0.05) is 0 Å². The summed E-state index contributed by atoms with van der Waals surface area (Å²) in [6.07, 6.45) is 0. The van der Waals surface area contributed by atoms with Crippen LogP contribution < -0.4 is 5.73 Å². The van der Waals surface area contributed by atoms with Gasteiger partial charge in [0, 0.05) is 13.1 Å². The summed E-state index contributed by atoms with van der Waals surface area (Å²) in [5, 5.41) is 16.8. The number of amides is 2. The van der Waals surface area contributed by atoms with Gasteiger partial charge in [-0.15, -0.1) is 0 Å². The molecule has 0 aliphatic heterocycles. The molecule has 0 saturated carbocycles. The summed E-state index contributed by atoms with van der Waals surface area (Å²) < 4.78 is 0. The molecule has 0 fully saturated rings. The van der Waals surface area contributed by atoms with Crippen molar-refractivity contribution in [3.8, 4) is 0 Å². The number of urea groups is 1. The molecule has 5 nitrogen and oxygen atoms in total. The smallest absolute Gasteiger partial charge is 0.314 e. The molecule has 10 heavy (non-hydrogen) atoms. The third-order valence-electron chi connectivity index (χ3n) is 1.05. The number of carbonyl (C=O) groups excluding carboxylic acids is 1. The molecule has 4 N–H and O–H groups in total. The van der Waals surface area contributed by atoms with Gasteiger partial charge in [0.25, 0.3) is 0 Å². The highest BCUT2D eigenvalue weighted by Crippen LogP contribution is 1.84. The van der Waals surface area contributed by atoms with Crippen LogP contribution in [0.25, 0.3) is 0 Å². The van der Waals surface area contributed by atoms with Crippen molar-refractivity contribution in [2.75, 3.05) is 26.3 Å². The molecular weight excluding hydrogens is 136 g/mol. The summed E-state index contributed by atoms with van der Waals surface area (Å²) in [4.78, 5) is 11.6. The number of nitrogens with zero attached hydrogens (tertiary/aromatic N) is 1. The molecule has 0 aliphatic rings. The Balaban J connectivity index is 3.61. The van der Waals surface area contributed by atoms with Crippen molar-refractivity contribution in [3.05, 3.63) is 0 Å². The van der Waals surface area contributed by atoms with Crippen LogP contribution in [0.4, 0.5) is 4.79 Å². The fourth-order valence-electron chi connectivity index (χ4n) is 0.574. The molecule has 0 atom stereocenters. The monoisotopic (exact) mass is 148 g/mol. The van der Waals surface area contributed by atoms with Crippen molar-refractivity contribution in [1.29, 1.82) is 0 Å². The summed E-state index contributed by atoms with van der Waals surface area (Å²) in [6, 6.07) is -0.622. The van der Waals surface area contributed by atoms with Gasteiger partial charge in [-0.2, -0.15) is 0 Å². The van der Waals surface area contributed by atoms with E-state index < -0.39 is 6.03 Å². The topological polar surface area (TPSA) is 86.8 Å². The average molecular weight is 148 g/mol. The fraction of sp³-hybridized carbons (Fsp3) is 0.800. The van der Waals surface area contributed by atoms with E-state index in [1.807, 2.05) is 0 Å². The quantitative estimate of drug-likeness (QED) is 0.446. The van der Waals surface area contributed by atoms with Gasteiger partial charge >= 0.3 is 6.03 Å². The summed E-state index contributed by atoms with van der Waals surface area (Å²) in [5.41, 5.74) is 4.87. The molecule has 0 spiro atoms. The van der Waals surface area contributed by atoms with Crippen LogP contribution in [-0.2, 0) is 0 Å². The Kier molecular flexibility index (Phi) is 4.61. The highest BCUT2D eigenvalue weighted by molar-refractivity contribution is 5.71. The lowest BCUT2D eigenvalue weighted by Gasteiger charge is -2.16. The van der Waals surface area contributed by atoms with Gasteiger partial charge in [-0.25, -0.2) is 4.79 Å². The van der Waals surface area contributed by atoms with Crippen molar-refractivity contribution < 1.29 is 15.0 Å². The highest BCUT2D eigenvalue weighted by atomic mass is 16.3. The maximum absolute atomic E-state index is 10.4. The maximum Gasteiger partial charge on any atom is 0.314 e. The molecule has 0 rings (SSSR count). The molecule has 5 heteroatoms. The van der Waals surface area contributed by atoms with Crippen molar-refractivity contribution in [2.45, 2.75) is 0 Å².